The summed E-state index contributed by atoms with van der Waals surface area (Å²) in [6.07, 6.45) is 1.56. The Morgan fingerprint density at radius 1 is 1.24 bits per heavy atom. The molecule has 6 heteroatoms. The molecule has 6 nitrogen and oxygen atoms in total. The third-order valence-electron chi connectivity index (χ3n) is 3.77. The Morgan fingerprint density at radius 2 is 2.00 bits per heavy atom. The molecule has 1 aromatic rings. The first-order valence-corrected chi connectivity index (χ1v) is 7.13. The molecule has 1 fully saturated rings. The molecule has 2 amide bonds. The fourth-order valence-corrected chi connectivity index (χ4v) is 2.76. The SMILES string of the molecule is CC(=O)N1CCCC1C(=O)Nc1ccc2c(c1)OCCO2. The average Bonchev–Trinajstić information content (AvgIpc) is 2.97. The Morgan fingerprint density at radius 3 is 2.76 bits per heavy atom. The zero-order valence-electron chi connectivity index (χ0n) is 11.9. The second kappa shape index (κ2) is 5.63. The zero-order valence-corrected chi connectivity index (χ0v) is 11.9. The Kier molecular flexibility index (Phi) is 3.68. The van der Waals surface area contributed by atoms with Crippen molar-refractivity contribution in [2.45, 2.75) is 25.8 Å². The molecule has 21 heavy (non-hydrogen) atoms. The molecule has 1 saturated heterocycles. The maximum Gasteiger partial charge on any atom is 0.247 e. The number of hydrogen-bond acceptors (Lipinski definition) is 4. The van der Waals surface area contributed by atoms with Gasteiger partial charge in [-0.05, 0) is 25.0 Å². The molecule has 0 spiro atoms. The minimum atomic E-state index is -0.379. The summed E-state index contributed by atoms with van der Waals surface area (Å²) in [7, 11) is 0. The van der Waals surface area contributed by atoms with Crippen LogP contribution in [0.25, 0.3) is 0 Å². The normalized spacial score (nSPS) is 20.2. The molecule has 1 aromatic carbocycles. The first-order valence-electron chi connectivity index (χ1n) is 7.13. The summed E-state index contributed by atoms with van der Waals surface area (Å²) in [6, 6.07) is 4.93. The van der Waals surface area contributed by atoms with E-state index in [4.69, 9.17) is 9.47 Å². The molecule has 1 unspecified atom stereocenters. The van der Waals surface area contributed by atoms with E-state index in [1.807, 2.05) is 0 Å². The lowest BCUT2D eigenvalue weighted by Gasteiger charge is -2.23. The van der Waals surface area contributed by atoms with Gasteiger partial charge < -0.3 is 19.7 Å². The fraction of sp³-hybridized carbons (Fsp3) is 0.467. The number of carbonyl (C=O) groups is 2. The van der Waals surface area contributed by atoms with Gasteiger partial charge in [0.1, 0.15) is 19.3 Å². The summed E-state index contributed by atoms with van der Waals surface area (Å²) in [4.78, 5) is 25.5. The quantitative estimate of drug-likeness (QED) is 0.894. The minimum absolute atomic E-state index is 0.0603. The molecular weight excluding hydrogens is 272 g/mol. The highest BCUT2D eigenvalue weighted by molar-refractivity contribution is 5.97. The van der Waals surface area contributed by atoms with Crippen molar-refractivity contribution in [2.75, 3.05) is 25.1 Å². The van der Waals surface area contributed by atoms with Crippen LogP contribution in [0.5, 0.6) is 11.5 Å². The molecule has 0 saturated carbocycles. The number of likely N-dealkylation sites (tertiary alicyclic amines) is 1. The molecule has 2 aliphatic rings. The van der Waals surface area contributed by atoms with Crippen molar-refractivity contribution in [2.24, 2.45) is 0 Å². The highest BCUT2D eigenvalue weighted by atomic mass is 16.6. The number of amides is 2. The van der Waals surface area contributed by atoms with Gasteiger partial charge in [-0.3, -0.25) is 9.59 Å². The molecule has 0 radical (unpaired) electrons. The van der Waals surface area contributed by atoms with Gasteiger partial charge in [-0.25, -0.2) is 0 Å². The standard InChI is InChI=1S/C15H18N2O4/c1-10(18)17-6-2-3-12(17)15(19)16-11-4-5-13-14(9-11)21-8-7-20-13/h4-5,9,12H,2-3,6-8H2,1H3,(H,16,19). The van der Waals surface area contributed by atoms with Gasteiger partial charge in [-0.1, -0.05) is 0 Å². The van der Waals surface area contributed by atoms with E-state index in [1.54, 1.807) is 23.1 Å². The van der Waals surface area contributed by atoms with E-state index in [9.17, 15) is 9.59 Å². The van der Waals surface area contributed by atoms with Gasteiger partial charge in [-0.15, -0.1) is 0 Å². The lowest BCUT2D eigenvalue weighted by molar-refractivity contribution is -0.134. The highest BCUT2D eigenvalue weighted by Crippen LogP contribution is 2.32. The monoisotopic (exact) mass is 290 g/mol. The van der Waals surface area contributed by atoms with Crippen LogP contribution >= 0.6 is 0 Å². The van der Waals surface area contributed by atoms with Crippen LogP contribution in [0.3, 0.4) is 0 Å². The fourth-order valence-electron chi connectivity index (χ4n) is 2.76. The number of anilines is 1. The molecule has 2 heterocycles. The van der Waals surface area contributed by atoms with Crippen LogP contribution in [0.15, 0.2) is 18.2 Å². The predicted molar refractivity (Wildman–Crippen MR) is 76.5 cm³/mol. The summed E-state index contributed by atoms with van der Waals surface area (Å²) in [6.45, 7) is 3.18. The topological polar surface area (TPSA) is 67.9 Å². The Balaban J connectivity index is 1.71. The molecule has 0 bridgehead atoms. The van der Waals surface area contributed by atoms with E-state index < -0.39 is 0 Å². The molecule has 0 aromatic heterocycles. The van der Waals surface area contributed by atoms with Crippen molar-refractivity contribution in [3.8, 4) is 11.5 Å². The van der Waals surface area contributed by atoms with Gasteiger partial charge >= 0.3 is 0 Å². The second-order valence-corrected chi connectivity index (χ2v) is 5.22. The van der Waals surface area contributed by atoms with E-state index in [1.165, 1.54) is 6.92 Å². The van der Waals surface area contributed by atoms with Crippen molar-refractivity contribution in [1.29, 1.82) is 0 Å². The van der Waals surface area contributed by atoms with Crippen LogP contribution in [0.2, 0.25) is 0 Å². The summed E-state index contributed by atoms with van der Waals surface area (Å²) in [5.74, 6) is 1.11. The van der Waals surface area contributed by atoms with Crippen molar-refractivity contribution >= 4 is 17.5 Å². The van der Waals surface area contributed by atoms with Crippen LogP contribution in [0.1, 0.15) is 19.8 Å². The Hall–Kier alpha value is -2.24. The molecule has 3 rings (SSSR count). The maximum atomic E-state index is 12.3. The Bertz CT molecular complexity index is 573. The van der Waals surface area contributed by atoms with Crippen molar-refractivity contribution < 1.29 is 19.1 Å². The van der Waals surface area contributed by atoms with Crippen molar-refractivity contribution in [3.63, 3.8) is 0 Å². The minimum Gasteiger partial charge on any atom is -0.486 e. The number of ether oxygens (including phenoxy) is 2. The van der Waals surface area contributed by atoms with Gasteiger partial charge in [0.15, 0.2) is 11.5 Å². The van der Waals surface area contributed by atoms with Crippen LogP contribution in [-0.2, 0) is 9.59 Å². The van der Waals surface area contributed by atoms with Crippen LogP contribution in [0, 0.1) is 0 Å². The van der Waals surface area contributed by atoms with Crippen LogP contribution in [0.4, 0.5) is 5.69 Å². The maximum absolute atomic E-state index is 12.3. The first-order chi connectivity index (χ1) is 10.1. The zero-order chi connectivity index (χ0) is 14.8. The van der Waals surface area contributed by atoms with Gasteiger partial charge in [-0.2, -0.15) is 0 Å². The number of fused-ring (bicyclic) bond motifs is 1. The molecule has 1 atom stereocenters. The van der Waals surface area contributed by atoms with Crippen LogP contribution < -0.4 is 14.8 Å². The number of nitrogens with one attached hydrogen (secondary N) is 1. The summed E-state index contributed by atoms with van der Waals surface area (Å²) >= 11 is 0. The lowest BCUT2D eigenvalue weighted by atomic mass is 10.2. The summed E-state index contributed by atoms with van der Waals surface area (Å²) in [5.41, 5.74) is 0.652. The van der Waals surface area contributed by atoms with E-state index in [0.717, 1.165) is 6.42 Å². The number of nitrogens with zero attached hydrogens (tertiary/aromatic N) is 1. The number of rotatable bonds is 2. The van der Waals surface area contributed by atoms with Crippen LogP contribution in [-0.4, -0.2) is 42.5 Å². The average molecular weight is 290 g/mol. The summed E-state index contributed by atoms with van der Waals surface area (Å²) in [5, 5.41) is 2.85. The molecule has 1 N–H and O–H groups in total. The largest absolute Gasteiger partial charge is 0.486 e. The molecular formula is C15H18N2O4. The van der Waals surface area contributed by atoms with Crippen molar-refractivity contribution in [1.82, 2.24) is 4.90 Å². The third kappa shape index (κ3) is 2.79. The second-order valence-electron chi connectivity index (χ2n) is 5.22. The van der Waals surface area contributed by atoms with E-state index in [-0.39, 0.29) is 17.9 Å². The number of benzene rings is 1. The number of hydrogen-bond donors (Lipinski definition) is 1. The third-order valence-corrected chi connectivity index (χ3v) is 3.77. The Labute approximate surface area is 123 Å². The van der Waals surface area contributed by atoms with Gasteiger partial charge in [0.25, 0.3) is 0 Å². The smallest absolute Gasteiger partial charge is 0.247 e. The van der Waals surface area contributed by atoms with Gasteiger partial charge in [0.2, 0.25) is 11.8 Å². The molecule has 2 aliphatic heterocycles. The van der Waals surface area contributed by atoms with Crippen molar-refractivity contribution in [3.05, 3.63) is 18.2 Å². The predicted octanol–water partition coefficient (Wildman–Crippen LogP) is 1.41. The van der Waals surface area contributed by atoms with E-state index in [0.29, 0.717) is 43.4 Å². The lowest BCUT2D eigenvalue weighted by Crippen LogP contribution is -2.42. The molecule has 112 valence electrons. The summed E-state index contributed by atoms with van der Waals surface area (Å²) < 4.78 is 10.9. The van der Waals surface area contributed by atoms with E-state index in [2.05, 4.69) is 5.32 Å². The van der Waals surface area contributed by atoms with Gasteiger partial charge in [0, 0.05) is 25.2 Å². The molecule has 0 aliphatic carbocycles. The highest BCUT2D eigenvalue weighted by Gasteiger charge is 2.32. The first kappa shape index (κ1) is 13.7. The van der Waals surface area contributed by atoms with E-state index >= 15 is 0 Å². The number of carbonyl (C=O) groups excluding carboxylic acids is 2. The van der Waals surface area contributed by atoms with Gasteiger partial charge in [0.05, 0.1) is 0 Å².